The zero-order valence-electron chi connectivity index (χ0n) is 7.99. The molecule has 0 unspecified atom stereocenters. The standard InChI is InChI=1S/C11H6Cl3N2/c12-8-4-2-1-3-7(8)5-9-11(14)16-10(13)6-15-9/h1-6H. The molecule has 0 amide bonds. The van der Waals surface area contributed by atoms with Crippen LogP contribution in [0.3, 0.4) is 0 Å². The van der Waals surface area contributed by atoms with Crippen molar-refractivity contribution in [3.05, 3.63) is 63.5 Å². The van der Waals surface area contributed by atoms with Gasteiger partial charge in [0.05, 0.1) is 11.9 Å². The molecular weight excluding hydrogens is 266 g/mol. The van der Waals surface area contributed by atoms with Gasteiger partial charge < -0.3 is 0 Å². The Hall–Kier alpha value is -0.830. The van der Waals surface area contributed by atoms with Crippen molar-refractivity contribution < 1.29 is 0 Å². The Labute approximate surface area is 108 Å². The highest BCUT2D eigenvalue weighted by Gasteiger charge is 2.08. The summed E-state index contributed by atoms with van der Waals surface area (Å²) >= 11 is 17.6. The van der Waals surface area contributed by atoms with E-state index in [1.807, 2.05) is 18.2 Å². The van der Waals surface area contributed by atoms with Crippen LogP contribution in [-0.2, 0) is 0 Å². The zero-order chi connectivity index (χ0) is 11.5. The third kappa shape index (κ3) is 2.64. The Bertz CT molecular complexity index is 514. The Balaban J connectivity index is 2.31. The van der Waals surface area contributed by atoms with E-state index < -0.39 is 0 Å². The highest BCUT2D eigenvalue weighted by molar-refractivity contribution is 6.33. The van der Waals surface area contributed by atoms with E-state index in [0.29, 0.717) is 10.7 Å². The predicted octanol–water partition coefficient (Wildman–Crippen LogP) is 4.04. The summed E-state index contributed by atoms with van der Waals surface area (Å²) in [5.74, 6) is 0. The molecule has 2 nitrogen and oxygen atoms in total. The average Bonchev–Trinajstić information content (AvgIpc) is 2.25. The van der Waals surface area contributed by atoms with Crippen molar-refractivity contribution in [3.8, 4) is 0 Å². The molecule has 16 heavy (non-hydrogen) atoms. The summed E-state index contributed by atoms with van der Waals surface area (Å²) in [6.45, 7) is 0. The van der Waals surface area contributed by atoms with E-state index in [2.05, 4.69) is 9.97 Å². The van der Waals surface area contributed by atoms with Crippen LogP contribution in [0.25, 0.3) is 0 Å². The molecule has 1 heterocycles. The average molecular weight is 273 g/mol. The van der Waals surface area contributed by atoms with Crippen molar-refractivity contribution in [2.75, 3.05) is 0 Å². The van der Waals surface area contributed by atoms with Gasteiger partial charge in [0.1, 0.15) is 5.15 Å². The number of hydrogen-bond donors (Lipinski definition) is 0. The van der Waals surface area contributed by atoms with Gasteiger partial charge in [-0.05, 0) is 11.6 Å². The molecule has 1 aromatic heterocycles. The summed E-state index contributed by atoms with van der Waals surface area (Å²) < 4.78 is 0. The van der Waals surface area contributed by atoms with Crippen molar-refractivity contribution in [1.82, 2.24) is 9.97 Å². The van der Waals surface area contributed by atoms with Crippen LogP contribution in [0.4, 0.5) is 0 Å². The van der Waals surface area contributed by atoms with Crippen molar-refractivity contribution in [2.24, 2.45) is 0 Å². The van der Waals surface area contributed by atoms with Gasteiger partial charge in [-0.15, -0.1) is 0 Å². The van der Waals surface area contributed by atoms with Crippen molar-refractivity contribution in [1.29, 1.82) is 0 Å². The van der Waals surface area contributed by atoms with E-state index in [-0.39, 0.29) is 10.3 Å². The van der Waals surface area contributed by atoms with Crippen LogP contribution >= 0.6 is 34.8 Å². The van der Waals surface area contributed by atoms with E-state index in [9.17, 15) is 0 Å². The number of rotatable bonds is 2. The molecule has 2 aromatic rings. The van der Waals surface area contributed by atoms with Gasteiger partial charge in [0, 0.05) is 11.4 Å². The fourth-order valence-electron chi connectivity index (χ4n) is 1.19. The largest absolute Gasteiger partial charge is 0.254 e. The van der Waals surface area contributed by atoms with E-state index in [0.717, 1.165) is 5.56 Å². The third-order valence-electron chi connectivity index (χ3n) is 1.92. The van der Waals surface area contributed by atoms with Gasteiger partial charge in [0.15, 0.2) is 5.15 Å². The van der Waals surface area contributed by atoms with Crippen molar-refractivity contribution in [3.63, 3.8) is 0 Å². The van der Waals surface area contributed by atoms with Crippen LogP contribution in [0.15, 0.2) is 30.5 Å². The normalized spacial score (nSPS) is 10.4. The Morgan fingerprint density at radius 3 is 2.50 bits per heavy atom. The second-order valence-electron chi connectivity index (χ2n) is 3.03. The molecule has 0 aliphatic carbocycles. The summed E-state index contributed by atoms with van der Waals surface area (Å²) in [6, 6.07) is 7.41. The van der Waals surface area contributed by atoms with Crippen LogP contribution in [0.2, 0.25) is 15.3 Å². The molecule has 0 fully saturated rings. The summed E-state index contributed by atoms with van der Waals surface area (Å²) in [5.41, 5.74) is 1.38. The third-order valence-corrected chi connectivity index (χ3v) is 2.73. The van der Waals surface area contributed by atoms with Gasteiger partial charge in [0.2, 0.25) is 0 Å². The molecule has 0 saturated carbocycles. The van der Waals surface area contributed by atoms with E-state index >= 15 is 0 Å². The molecule has 1 aromatic carbocycles. The first-order valence-corrected chi connectivity index (χ1v) is 5.57. The SMILES string of the molecule is Clc1cnc([CH]c2ccccc2Cl)c(Cl)n1. The van der Waals surface area contributed by atoms with Gasteiger partial charge in [-0.2, -0.15) is 0 Å². The summed E-state index contributed by atoms with van der Waals surface area (Å²) in [5, 5.41) is 1.16. The number of halogens is 3. The first kappa shape index (κ1) is 11.6. The minimum absolute atomic E-state index is 0.257. The lowest BCUT2D eigenvalue weighted by Crippen LogP contribution is -1.94. The first-order chi connectivity index (χ1) is 7.66. The smallest absolute Gasteiger partial charge is 0.152 e. The quantitative estimate of drug-likeness (QED) is 0.824. The molecule has 0 saturated heterocycles. The second kappa shape index (κ2) is 5.00. The fourth-order valence-corrected chi connectivity index (χ4v) is 1.75. The molecule has 2 rings (SSSR count). The molecule has 1 radical (unpaired) electrons. The lowest BCUT2D eigenvalue weighted by atomic mass is 10.1. The maximum Gasteiger partial charge on any atom is 0.152 e. The van der Waals surface area contributed by atoms with Gasteiger partial charge in [0.25, 0.3) is 0 Å². The molecule has 0 atom stereocenters. The van der Waals surface area contributed by atoms with Gasteiger partial charge >= 0.3 is 0 Å². The lowest BCUT2D eigenvalue weighted by Gasteiger charge is -2.04. The summed E-state index contributed by atoms with van der Waals surface area (Å²) in [6.07, 6.45) is 3.20. The Morgan fingerprint density at radius 2 is 1.81 bits per heavy atom. The maximum absolute atomic E-state index is 6.01. The molecule has 0 spiro atoms. The highest BCUT2D eigenvalue weighted by atomic mass is 35.5. The number of nitrogens with zero attached hydrogens (tertiary/aromatic N) is 2. The van der Waals surface area contributed by atoms with E-state index in [4.69, 9.17) is 34.8 Å². The number of aromatic nitrogens is 2. The minimum Gasteiger partial charge on any atom is -0.254 e. The molecule has 0 bridgehead atoms. The summed E-state index contributed by atoms with van der Waals surface area (Å²) in [4.78, 5) is 7.97. The van der Waals surface area contributed by atoms with E-state index in [1.165, 1.54) is 6.20 Å². The maximum atomic E-state index is 6.01. The van der Waals surface area contributed by atoms with Crippen molar-refractivity contribution in [2.45, 2.75) is 0 Å². The summed E-state index contributed by atoms with van der Waals surface area (Å²) in [7, 11) is 0. The predicted molar refractivity (Wildman–Crippen MR) is 66.0 cm³/mol. The molecular formula is C11H6Cl3N2. The first-order valence-electron chi connectivity index (χ1n) is 4.44. The van der Waals surface area contributed by atoms with Crippen LogP contribution in [0, 0.1) is 6.42 Å². The number of hydrogen-bond acceptors (Lipinski definition) is 2. The van der Waals surface area contributed by atoms with Gasteiger partial charge in [-0.25, -0.2) is 4.98 Å². The zero-order valence-corrected chi connectivity index (χ0v) is 10.3. The Morgan fingerprint density at radius 1 is 1.06 bits per heavy atom. The molecule has 0 aliphatic rings. The minimum atomic E-state index is 0.257. The van der Waals surface area contributed by atoms with Crippen LogP contribution in [0.5, 0.6) is 0 Å². The topological polar surface area (TPSA) is 25.8 Å². The monoisotopic (exact) mass is 271 g/mol. The highest BCUT2D eigenvalue weighted by Crippen LogP contribution is 2.23. The fraction of sp³-hybridized carbons (Fsp3) is 0. The van der Waals surface area contributed by atoms with Crippen molar-refractivity contribution >= 4 is 34.8 Å². The molecule has 0 aliphatic heterocycles. The number of benzene rings is 1. The van der Waals surface area contributed by atoms with Crippen LogP contribution in [-0.4, -0.2) is 9.97 Å². The van der Waals surface area contributed by atoms with Crippen LogP contribution in [0.1, 0.15) is 11.3 Å². The molecule has 81 valence electrons. The molecule has 5 heteroatoms. The van der Waals surface area contributed by atoms with E-state index in [1.54, 1.807) is 12.5 Å². The van der Waals surface area contributed by atoms with Gasteiger partial charge in [-0.1, -0.05) is 53.0 Å². The lowest BCUT2D eigenvalue weighted by molar-refractivity contribution is 1.13. The van der Waals surface area contributed by atoms with Crippen LogP contribution < -0.4 is 0 Å². The van der Waals surface area contributed by atoms with Gasteiger partial charge in [-0.3, -0.25) is 4.98 Å². The molecule has 0 N–H and O–H groups in total. The Kier molecular flexibility index (Phi) is 3.64. The second-order valence-corrected chi connectivity index (χ2v) is 4.19.